The zero-order chi connectivity index (χ0) is 16.4. The highest BCUT2D eigenvalue weighted by molar-refractivity contribution is 6.15. The van der Waals surface area contributed by atoms with Crippen LogP contribution < -0.4 is 5.73 Å². The standard InChI is InChI=1S/C17H20N2O4/c18-16(22)17-13(20)11-23-14(17)7-4-10-19(17)15(21)9-8-12-5-2-1-3-6-12/h1-3,5-6,14H,4,7-11H2,(H2,18,22)/t14-,17?/m0/s1. The minimum Gasteiger partial charge on any atom is -0.367 e. The normalized spacial score (nSPS) is 26.9. The van der Waals surface area contributed by atoms with Gasteiger partial charge in [-0.3, -0.25) is 14.4 Å². The number of amides is 2. The molecular weight excluding hydrogens is 296 g/mol. The number of nitrogens with zero attached hydrogens (tertiary/aromatic N) is 1. The van der Waals surface area contributed by atoms with Crippen LogP contribution in [0.3, 0.4) is 0 Å². The molecule has 6 nitrogen and oxygen atoms in total. The highest BCUT2D eigenvalue weighted by Crippen LogP contribution is 2.36. The number of rotatable bonds is 4. The lowest BCUT2D eigenvalue weighted by Gasteiger charge is -2.43. The van der Waals surface area contributed by atoms with Crippen molar-refractivity contribution in [1.82, 2.24) is 4.90 Å². The van der Waals surface area contributed by atoms with E-state index in [0.29, 0.717) is 25.8 Å². The van der Waals surface area contributed by atoms with E-state index >= 15 is 0 Å². The Morgan fingerprint density at radius 2 is 2.04 bits per heavy atom. The van der Waals surface area contributed by atoms with Crippen LogP contribution in [-0.2, 0) is 25.5 Å². The van der Waals surface area contributed by atoms with Crippen molar-refractivity contribution in [3.63, 3.8) is 0 Å². The molecule has 1 aromatic carbocycles. The third-order valence-electron chi connectivity index (χ3n) is 4.73. The Morgan fingerprint density at radius 3 is 2.74 bits per heavy atom. The Kier molecular flexibility index (Phi) is 4.17. The lowest BCUT2D eigenvalue weighted by Crippen LogP contribution is -2.69. The van der Waals surface area contributed by atoms with Gasteiger partial charge in [-0.1, -0.05) is 30.3 Å². The summed E-state index contributed by atoms with van der Waals surface area (Å²) < 4.78 is 5.43. The first-order chi connectivity index (χ1) is 11.1. The molecule has 2 amide bonds. The van der Waals surface area contributed by atoms with E-state index in [0.717, 1.165) is 5.56 Å². The molecule has 2 heterocycles. The van der Waals surface area contributed by atoms with E-state index in [1.807, 2.05) is 30.3 Å². The van der Waals surface area contributed by atoms with Crippen molar-refractivity contribution in [2.24, 2.45) is 5.73 Å². The molecule has 2 saturated heterocycles. The number of carbonyl (C=O) groups excluding carboxylic acids is 3. The maximum atomic E-state index is 12.7. The van der Waals surface area contributed by atoms with Crippen LogP contribution in [0.1, 0.15) is 24.8 Å². The Labute approximate surface area is 134 Å². The molecule has 0 radical (unpaired) electrons. The van der Waals surface area contributed by atoms with Crippen LogP contribution in [0.5, 0.6) is 0 Å². The van der Waals surface area contributed by atoms with E-state index in [2.05, 4.69) is 0 Å². The molecular formula is C17H20N2O4. The number of benzene rings is 1. The third-order valence-corrected chi connectivity index (χ3v) is 4.73. The number of nitrogens with two attached hydrogens (primary N) is 1. The Morgan fingerprint density at radius 1 is 1.30 bits per heavy atom. The van der Waals surface area contributed by atoms with Crippen LogP contribution in [0.4, 0.5) is 0 Å². The zero-order valence-electron chi connectivity index (χ0n) is 12.9. The summed E-state index contributed by atoms with van der Waals surface area (Å²) in [6, 6.07) is 9.63. The van der Waals surface area contributed by atoms with Gasteiger partial charge in [-0.05, 0) is 24.8 Å². The molecule has 2 aliphatic rings. The average Bonchev–Trinajstić information content (AvgIpc) is 2.92. The van der Waals surface area contributed by atoms with Gasteiger partial charge in [0.05, 0.1) is 6.10 Å². The number of carbonyl (C=O) groups is 3. The fraction of sp³-hybridized carbons (Fsp3) is 0.471. The molecule has 0 bridgehead atoms. The van der Waals surface area contributed by atoms with Gasteiger partial charge < -0.3 is 15.4 Å². The Bertz CT molecular complexity index is 631. The van der Waals surface area contributed by atoms with Gasteiger partial charge >= 0.3 is 0 Å². The van der Waals surface area contributed by atoms with Crippen molar-refractivity contribution < 1.29 is 19.1 Å². The first kappa shape index (κ1) is 15.7. The van der Waals surface area contributed by atoms with Crippen LogP contribution in [0.15, 0.2) is 30.3 Å². The van der Waals surface area contributed by atoms with E-state index in [-0.39, 0.29) is 18.9 Å². The molecule has 2 N–H and O–H groups in total. The highest BCUT2D eigenvalue weighted by Gasteiger charge is 2.62. The van der Waals surface area contributed by atoms with E-state index in [1.54, 1.807) is 0 Å². The lowest BCUT2D eigenvalue weighted by atomic mass is 9.81. The van der Waals surface area contributed by atoms with Gasteiger partial charge in [0.25, 0.3) is 5.91 Å². The van der Waals surface area contributed by atoms with Crippen molar-refractivity contribution >= 4 is 17.6 Å². The molecule has 0 saturated carbocycles. The predicted molar refractivity (Wildman–Crippen MR) is 82.4 cm³/mol. The molecule has 0 spiro atoms. The number of ketones is 1. The maximum absolute atomic E-state index is 12.7. The largest absolute Gasteiger partial charge is 0.367 e. The molecule has 1 unspecified atom stereocenters. The van der Waals surface area contributed by atoms with E-state index in [9.17, 15) is 14.4 Å². The molecule has 122 valence electrons. The van der Waals surface area contributed by atoms with Gasteiger partial charge in [-0.25, -0.2) is 0 Å². The molecule has 2 fully saturated rings. The van der Waals surface area contributed by atoms with Crippen LogP contribution in [-0.4, -0.2) is 47.3 Å². The van der Waals surface area contributed by atoms with Gasteiger partial charge in [-0.15, -0.1) is 0 Å². The molecule has 3 rings (SSSR count). The van der Waals surface area contributed by atoms with Gasteiger partial charge in [0, 0.05) is 13.0 Å². The van der Waals surface area contributed by atoms with Crippen molar-refractivity contribution in [3.8, 4) is 0 Å². The van der Waals surface area contributed by atoms with E-state index < -0.39 is 23.3 Å². The monoisotopic (exact) mass is 316 g/mol. The van der Waals surface area contributed by atoms with Crippen molar-refractivity contribution in [3.05, 3.63) is 35.9 Å². The third kappa shape index (κ3) is 2.53. The molecule has 6 heteroatoms. The van der Waals surface area contributed by atoms with E-state index in [1.165, 1.54) is 4.90 Å². The van der Waals surface area contributed by atoms with Gasteiger partial charge in [0.2, 0.25) is 11.4 Å². The van der Waals surface area contributed by atoms with Crippen molar-refractivity contribution in [2.75, 3.05) is 13.2 Å². The second kappa shape index (κ2) is 6.12. The van der Waals surface area contributed by atoms with Crippen LogP contribution in [0.2, 0.25) is 0 Å². The summed E-state index contributed by atoms with van der Waals surface area (Å²) >= 11 is 0. The number of hydrogen-bond acceptors (Lipinski definition) is 4. The van der Waals surface area contributed by atoms with Gasteiger partial charge in [0.15, 0.2) is 5.78 Å². The maximum Gasteiger partial charge on any atom is 0.254 e. The number of piperidine rings is 1. The molecule has 0 aliphatic carbocycles. The van der Waals surface area contributed by atoms with Crippen LogP contribution in [0, 0.1) is 0 Å². The molecule has 2 atom stereocenters. The number of aryl methyl sites for hydroxylation is 1. The van der Waals surface area contributed by atoms with Crippen molar-refractivity contribution in [2.45, 2.75) is 37.3 Å². The Hall–Kier alpha value is -2.21. The topological polar surface area (TPSA) is 89.7 Å². The number of likely N-dealkylation sites (tertiary alicyclic amines) is 1. The summed E-state index contributed by atoms with van der Waals surface area (Å²) in [5.74, 6) is -1.41. The number of ether oxygens (including phenoxy) is 1. The van der Waals surface area contributed by atoms with Gasteiger partial charge in [-0.2, -0.15) is 0 Å². The van der Waals surface area contributed by atoms with Gasteiger partial charge in [0.1, 0.15) is 6.61 Å². The number of Topliss-reactive ketones (excluding diaryl/α,β-unsaturated/α-hetero) is 1. The number of fused-ring (bicyclic) bond motifs is 1. The zero-order valence-corrected chi connectivity index (χ0v) is 12.9. The van der Waals surface area contributed by atoms with Crippen LogP contribution >= 0.6 is 0 Å². The average molecular weight is 316 g/mol. The molecule has 1 aromatic rings. The first-order valence-electron chi connectivity index (χ1n) is 7.86. The number of primary amides is 1. The first-order valence-corrected chi connectivity index (χ1v) is 7.86. The molecule has 0 aromatic heterocycles. The molecule has 2 aliphatic heterocycles. The fourth-order valence-corrected chi connectivity index (χ4v) is 3.60. The highest BCUT2D eigenvalue weighted by atomic mass is 16.5. The summed E-state index contributed by atoms with van der Waals surface area (Å²) in [7, 11) is 0. The smallest absolute Gasteiger partial charge is 0.254 e. The predicted octanol–water partition coefficient (Wildman–Crippen LogP) is 0.434. The summed E-state index contributed by atoms with van der Waals surface area (Å²) in [4.78, 5) is 38.5. The molecule has 23 heavy (non-hydrogen) atoms. The summed E-state index contributed by atoms with van der Waals surface area (Å²) in [6.45, 7) is 0.207. The quantitative estimate of drug-likeness (QED) is 0.816. The minimum atomic E-state index is -1.61. The second-order valence-corrected chi connectivity index (χ2v) is 6.03. The number of hydrogen-bond donors (Lipinski definition) is 1. The Balaban J connectivity index is 1.80. The summed E-state index contributed by atoms with van der Waals surface area (Å²) in [6.07, 6.45) is 1.45. The van der Waals surface area contributed by atoms with Crippen molar-refractivity contribution in [1.29, 1.82) is 0 Å². The lowest BCUT2D eigenvalue weighted by molar-refractivity contribution is -0.158. The minimum absolute atomic E-state index is 0.157. The fourth-order valence-electron chi connectivity index (χ4n) is 3.60. The summed E-state index contributed by atoms with van der Waals surface area (Å²) in [5.41, 5.74) is 4.97. The SMILES string of the molecule is NC(=O)C12C(=O)CO[C@H]1CCCN2C(=O)CCc1ccccc1. The van der Waals surface area contributed by atoms with E-state index in [4.69, 9.17) is 10.5 Å². The summed E-state index contributed by atoms with van der Waals surface area (Å²) in [5, 5.41) is 0. The second-order valence-electron chi connectivity index (χ2n) is 6.03. The van der Waals surface area contributed by atoms with Crippen LogP contribution in [0.25, 0.3) is 0 Å².